The summed E-state index contributed by atoms with van der Waals surface area (Å²) in [6, 6.07) is 12.1. The average molecular weight is 926 g/mol. The SMILES string of the molecule is C=CC(=O)N1CCN(c2nc(=O)n3c4nc(c(F)cc24)c2c(F)cccc2oc2cc(CNC(=O)C4CCC(Nc5cccc6c5C(=O)N(C5CCC(=O)NC5=O)C6=O)CC4)cc(C)c23)[C@@H](C)C1. The molecule has 17 nitrogen and oxygen atoms in total. The lowest BCUT2D eigenvalue weighted by Crippen LogP contribution is -2.54. The third kappa shape index (κ3) is 7.50. The molecule has 0 spiro atoms. The summed E-state index contributed by atoms with van der Waals surface area (Å²) in [6.45, 7) is 8.16. The van der Waals surface area contributed by atoms with Crippen LogP contribution >= 0.6 is 0 Å². The van der Waals surface area contributed by atoms with Crippen LogP contribution in [0, 0.1) is 24.5 Å². The second-order valence-electron chi connectivity index (χ2n) is 17.8. The predicted octanol–water partition coefficient (Wildman–Crippen LogP) is 5.20. The smallest absolute Gasteiger partial charge is 0.355 e. The van der Waals surface area contributed by atoms with Crippen molar-refractivity contribution in [1.29, 1.82) is 0 Å². The summed E-state index contributed by atoms with van der Waals surface area (Å²) in [5, 5.41) is 8.60. The van der Waals surface area contributed by atoms with Crippen LogP contribution in [-0.2, 0) is 25.7 Å². The maximum atomic E-state index is 16.3. The Kier molecular flexibility index (Phi) is 11.1. The minimum absolute atomic E-state index is 0.0158. The van der Waals surface area contributed by atoms with E-state index < -0.39 is 47.0 Å². The van der Waals surface area contributed by atoms with Gasteiger partial charge in [-0.1, -0.05) is 24.8 Å². The lowest BCUT2D eigenvalue weighted by Gasteiger charge is -2.40. The van der Waals surface area contributed by atoms with Crippen LogP contribution in [0.3, 0.4) is 0 Å². The second kappa shape index (κ2) is 17.1. The van der Waals surface area contributed by atoms with Gasteiger partial charge in [0.25, 0.3) is 11.8 Å². The lowest BCUT2D eigenvalue weighted by atomic mass is 9.85. The highest BCUT2D eigenvalue weighted by molar-refractivity contribution is 6.25. The number of amides is 6. The number of anilines is 2. The van der Waals surface area contributed by atoms with Crippen LogP contribution in [0.1, 0.15) is 77.3 Å². The zero-order chi connectivity index (χ0) is 47.7. The predicted molar refractivity (Wildman–Crippen MR) is 245 cm³/mol. The van der Waals surface area contributed by atoms with E-state index in [4.69, 9.17) is 4.42 Å². The van der Waals surface area contributed by atoms with Gasteiger partial charge in [0.15, 0.2) is 17.0 Å². The zero-order valence-electron chi connectivity index (χ0n) is 37.1. The summed E-state index contributed by atoms with van der Waals surface area (Å²) in [4.78, 5) is 105. The maximum absolute atomic E-state index is 16.3. The first-order chi connectivity index (χ1) is 32.7. The lowest BCUT2D eigenvalue weighted by molar-refractivity contribution is -0.136. The monoisotopic (exact) mass is 925 g/mol. The highest BCUT2D eigenvalue weighted by Gasteiger charge is 2.46. The van der Waals surface area contributed by atoms with Crippen molar-refractivity contribution < 1.29 is 42.0 Å². The number of hydrogen-bond acceptors (Lipinski definition) is 12. The molecule has 6 aromatic rings. The van der Waals surface area contributed by atoms with Gasteiger partial charge in [0.05, 0.1) is 27.4 Å². The first-order valence-electron chi connectivity index (χ1n) is 22.5. The standard InChI is InChI=1S/C49H45F2N9O8/c1-4-38(62)57-17-18-58(25(3)23-57)43-30-21-32(51)41-40-31(50)8-6-10-35(40)68-36-20-26(19-24(2)42(36)60(44(30)55-41)49(67)56-43)22-52-45(63)27-11-13-28(14-12-27)53-33-9-5-7-29-39(33)48(66)59(47(29)65)34-15-16-37(61)54-46(34)64/h4-10,19-21,25,27-28,34,53H,1,11-18,22-23H2,2-3H3,(H,52,63)(H,54,61,64)/t25-,27?,28?,34?/m0/s1. The summed E-state index contributed by atoms with van der Waals surface area (Å²) in [5.74, 6) is -4.58. The molecule has 1 unspecified atom stereocenters. The van der Waals surface area contributed by atoms with Crippen LogP contribution in [0.5, 0.6) is 0 Å². The van der Waals surface area contributed by atoms with Crippen LogP contribution in [0.25, 0.3) is 38.6 Å². The van der Waals surface area contributed by atoms with Gasteiger partial charge in [-0.2, -0.15) is 4.98 Å². The van der Waals surface area contributed by atoms with Crippen molar-refractivity contribution in [2.75, 3.05) is 29.9 Å². The van der Waals surface area contributed by atoms with Gasteiger partial charge in [-0.25, -0.2) is 23.0 Å². The summed E-state index contributed by atoms with van der Waals surface area (Å²) >= 11 is 0. The summed E-state index contributed by atoms with van der Waals surface area (Å²) in [6.07, 6.45) is 3.51. The molecule has 1 aliphatic carbocycles. The molecule has 68 heavy (non-hydrogen) atoms. The van der Waals surface area contributed by atoms with Gasteiger partial charge in [0.2, 0.25) is 23.6 Å². The molecule has 10 rings (SSSR count). The molecular formula is C49H45F2N9O8. The molecule has 2 bridgehead atoms. The number of imide groups is 2. The van der Waals surface area contributed by atoms with Crippen LogP contribution in [0.2, 0.25) is 0 Å². The van der Waals surface area contributed by atoms with Crippen molar-refractivity contribution in [2.45, 2.75) is 77.0 Å². The first-order valence-corrected chi connectivity index (χ1v) is 22.5. The van der Waals surface area contributed by atoms with E-state index in [1.165, 1.54) is 40.8 Å². The number of hydrogen-bond donors (Lipinski definition) is 3. The van der Waals surface area contributed by atoms with Crippen molar-refractivity contribution in [2.24, 2.45) is 5.92 Å². The molecule has 0 radical (unpaired) electrons. The molecule has 6 heterocycles. The summed E-state index contributed by atoms with van der Waals surface area (Å²) in [5.41, 5.74) is 1.17. The van der Waals surface area contributed by atoms with Crippen molar-refractivity contribution >= 4 is 85.6 Å². The number of benzene rings is 3. The minimum Gasteiger partial charge on any atom is -0.454 e. The Morgan fingerprint density at radius 3 is 2.46 bits per heavy atom. The Morgan fingerprint density at radius 1 is 0.926 bits per heavy atom. The number of carbonyl (C=O) groups is 6. The molecule has 4 aliphatic rings. The molecule has 6 amide bonds. The van der Waals surface area contributed by atoms with E-state index in [9.17, 15) is 33.6 Å². The number of nitrogens with one attached hydrogen (secondary N) is 3. The van der Waals surface area contributed by atoms with Gasteiger partial charge < -0.3 is 24.9 Å². The minimum atomic E-state index is -1.08. The number of halogens is 2. The topological polar surface area (TPSA) is 209 Å². The molecule has 3 aliphatic heterocycles. The Balaban J connectivity index is 0.906. The van der Waals surface area contributed by atoms with Gasteiger partial charge in [-0.15, -0.1) is 0 Å². The summed E-state index contributed by atoms with van der Waals surface area (Å²) in [7, 11) is 0. The fraction of sp³-hybridized carbons (Fsp3) is 0.327. The van der Waals surface area contributed by atoms with Crippen LogP contribution in [0.4, 0.5) is 20.3 Å². The number of aromatic nitrogens is 3. The zero-order valence-corrected chi connectivity index (χ0v) is 37.1. The molecule has 3 N–H and O–H groups in total. The van der Waals surface area contributed by atoms with E-state index >= 15 is 8.78 Å². The molecule has 3 aromatic heterocycles. The third-order valence-corrected chi connectivity index (χ3v) is 13.6. The van der Waals surface area contributed by atoms with Crippen molar-refractivity contribution in [3.63, 3.8) is 0 Å². The molecule has 2 atom stereocenters. The van der Waals surface area contributed by atoms with E-state index in [-0.39, 0.29) is 111 Å². The second-order valence-corrected chi connectivity index (χ2v) is 17.8. The number of pyridine rings is 1. The Labute approximate surface area is 385 Å². The Hall–Kier alpha value is -7.83. The number of piperazine rings is 1. The fourth-order valence-electron chi connectivity index (χ4n) is 10.2. The molecule has 3 fully saturated rings. The highest BCUT2D eigenvalue weighted by Crippen LogP contribution is 2.36. The summed E-state index contributed by atoms with van der Waals surface area (Å²) < 4.78 is 39.8. The number of nitrogens with zero attached hydrogens (tertiary/aromatic N) is 6. The van der Waals surface area contributed by atoms with E-state index in [1.54, 1.807) is 36.1 Å². The molecule has 19 heteroatoms. The maximum Gasteiger partial charge on any atom is 0.355 e. The normalized spacial score (nSPS) is 20.9. The van der Waals surface area contributed by atoms with Crippen molar-refractivity contribution in [1.82, 2.24) is 34.8 Å². The largest absolute Gasteiger partial charge is 0.454 e. The quantitative estimate of drug-likeness (QED) is 0.133. The van der Waals surface area contributed by atoms with E-state index in [0.29, 0.717) is 55.6 Å². The van der Waals surface area contributed by atoms with Crippen LogP contribution in [0.15, 0.2) is 76.5 Å². The van der Waals surface area contributed by atoms with Gasteiger partial charge in [0, 0.05) is 56.3 Å². The van der Waals surface area contributed by atoms with Gasteiger partial charge in [-0.3, -0.25) is 39.0 Å². The molecule has 2 saturated heterocycles. The van der Waals surface area contributed by atoms with Gasteiger partial charge in [0.1, 0.15) is 28.8 Å². The van der Waals surface area contributed by atoms with Gasteiger partial charge >= 0.3 is 5.69 Å². The molecule has 348 valence electrons. The number of rotatable bonds is 8. The molecule has 3 aromatic carbocycles. The van der Waals surface area contributed by atoms with Crippen molar-refractivity contribution in [3.05, 3.63) is 112 Å². The third-order valence-electron chi connectivity index (χ3n) is 13.6. The first kappa shape index (κ1) is 44.0. The van der Waals surface area contributed by atoms with E-state index in [2.05, 4.69) is 32.5 Å². The van der Waals surface area contributed by atoms with Crippen LogP contribution < -0.4 is 26.5 Å². The molecule has 1 saturated carbocycles. The van der Waals surface area contributed by atoms with Gasteiger partial charge in [-0.05, 0) is 99.6 Å². The highest BCUT2D eigenvalue weighted by atomic mass is 19.1. The number of piperidine rings is 1. The number of fused-ring (bicyclic) bond motifs is 6. The number of carbonyl (C=O) groups excluding carboxylic acids is 6. The van der Waals surface area contributed by atoms with E-state index in [1.807, 2.05) is 11.8 Å². The molecular weight excluding hydrogens is 881 g/mol. The van der Waals surface area contributed by atoms with E-state index in [0.717, 1.165) is 4.90 Å². The van der Waals surface area contributed by atoms with Crippen LogP contribution in [-0.4, -0.2) is 97.4 Å². The number of aryl methyl sites for hydroxylation is 1. The Morgan fingerprint density at radius 2 is 1.71 bits per heavy atom. The van der Waals surface area contributed by atoms with Crippen molar-refractivity contribution in [3.8, 4) is 0 Å². The average Bonchev–Trinajstić information content (AvgIpc) is 3.60. The Bertz CT molecular complexity index is 3310. The fourth-order valence-corrected chi connectivity index (χ4v) is 10.2.